The molecule has 2 aromatic carbocycles. The van der Waals surface area contributed by atoms with Crippen LogP contribution in [-0.4, -0.2) is 59.0 Å². The second kappa shape index (κ2) is 7.68. The lowest BCUT2D eigenvalue weighted by Crippen LogP contribution is -2.48. The zero-order chi connectivity index (χ0) is 21.5. The van der Waals surface area contributed by atoms with E-state index < -0.39 is 31.9 Å². The third-order valence-corrected chi connectivity index (χ3v) is 9.21. The van der Waals surface area contributed by atoms with E-state index in [1.165, 1.54) is 28.6 Å². The lowest BCUT2D eigenvalue weighted by molar-refractivity contribution is -0.119. The second-order valence-electron chi connectivity index (χ2n) is 7.50. The third-order valence-electron chi connectivity index (χ3n) is 5.43. The SMILES string of the molecule is C[C@@H]1CS(=O)(=O)N(c2ccc(S(=O)(=O)N3CCN(c4ccccc4)CC3)cc2)C1=O. The first kappa shape index (κ1) is 20.8. The Labute approximate surface area is 176 Å². The van der Waals surface area contributed by atoms with Crippen LogP contribution in [0.4, 0.5) is 11.4 Å². The second-order valence-corrected chi connectivity index (χ2v) is 11.3. The molecule has 0 bridgehead atoms. The van der Waals surface area contributed by atoms with Gasteiger partial charge in [-0.25, -0.2) is 21.1 Å². The average Bonchev–Trinajstić information content (AvgIpc) is 2.95. The van der Waals surface area contributed by atoms with E-state index in [4.69, 9.17) is 0 Å². The van der Waals surface area contributed by atoms with Gasteiger partial charge >= 0.3 is 0 Å². The van der Waals surface area contributed by atoms with Crippen molar-refractivity contribution in [1.82, 2.24) is 4.31 Å². The van der Waals surface area contributed by atoms with Crippen molar-refractivity contribution in [3.05, 3.63) is 54.6 Å². The van der Waals surface area contributed by atoms with Gasteiger partial charge in [0.2, 0.25) is 26.0 Å². The van der Waals surface area contributed by atoms with Crippen LogP contribution in [0.1, 0.15) is 6.92 Å². The molecule has 2 heterocycles. The summed E-state index contributed by atoms with van der Waals surface area (Å²) in [4.78, 5) is 14.4. The number of hydrogen-bond donors (Lipinski definition) is 0. The van der Waals surface area contributed by atoms with Gasteiger partial charge in [-0.1, -0.05) is 25.1 Å². The molecule has 10 heteroatoms. The lowest BCUT2D eigenvalue weighted by atomic mass is 10.2. The van der Waals surface area contributed by atoms with Gasteiger partial charge in [0.25, 0.3) is 0 Å². The largest absolute Gasteiger partial charge is 0.369 e. The first-order valence-electron chi connectivity index (χ1n) is 9.67. The first-order valence-corrected chi connectivity index (χ1v) is 12.7. The van der Waals surface area contributed by atoms with Crippen molar-refractivity contribution < 1.29 is 21.6 Å². The van der Waals surface area contributed by atoms with Gasteiger partial charge in [-0.3, -0.25) is 4.79 Å². The normalized spacial score (nSPS) is 22.4. The topological polar surface area (TPSA) is 95.1 Å². The van der Waals surface area contributed by atoms with Crippen molar-refractivity contribution in [3.63, 3.8) is 0 Å². The minimum Gasteiger partial charge on any atom is -0.369 e. The molecule has 0 N–H and O–H groups in total. The highest BCUT2D eigenvalue weighted by atomic mass is 32.2. The molecule has 2 saturated heterocycles. The smallest absolute Gasteiger partial charge is 0.244 e. The van der Waals surface area contributed by atoms with Gasteiger partial charge in [0.05, 0.1) is 22.3 Å². The van der Waals surface area contributed by atoms with Crippen molar-refractivity contribution in [2.45, 2.75) is 11.8 Å². The predicted molar refractivity (Wildman–Crippen MR) is 114 cm³/mol. The molecule has 1 amide bonds. The Morgan fingerprint density at radius 2 is 1.47 bits per heavy atom. The van der Waals surface area contributed by atoms with Crippen LogP contribution in [0, 0.1) is 5.92 Å². The zero-order valence-corrected chi connectivity index (χ0v) is 18.1. The van der Waals surface area contributed by atoms with Crippen LogP contribution in [0.5, 0.6) is 0 Å². The number of sulfonamides is 2. The number of hydrogen-bond acceptors (Lipinski definition) is 6. The minimum absolute atomic E-state index is 0.0801. The van der Waals surface area contributed by atoms with Crippen LogP contribution < -0.4 is 9.21 Å². The Kier molecular flexibility index (Phi) is 5.33. The average molecular weight is 450 g/mol. The maximum Gasteiger partial charge on any atom is 0.244 e. The monoisotopic (exact) mass is 449 g/mol. The molecule has 2 aliphatic rings. The molecule has 4 rings (SSSR count). The summed E-state index contributed by atoms with van der Waals surface area (Å²) in [6.45, 7) is 3.44. The highest BCUT2D eigenvalue weighted by Gasteiger charge is 2.42. The van der Waals surface area contributed by atoms with E-state index in [1.54, 1.807) is 6.92 Å². The van der Waals surface area contributed by atoms with Crippen LogP contribution in [0.15, 0.2) is 59.5 Å². The Morgan fingerprint density at radius 3 is 2.00 bits per heavy atom. The maximum absolute atomic E-state index is 13.0. The number of para-hydroxylation sites is 1. The number of carbonyl (C=O) groups excluding carboxylic acids is 1. The molecule has 0 spiro atoms. The lowest BCUT2D eigenvalue weighted by Gasteiger charge is -2.35. The Hall–Kier alpha value is -2.43. The maximum atomic E-state index is 13.0. The van der Waals surface area contributed by atoms with Crippen LogP contribution in [0.3, 0.4) is 0 Å². The highest BCUT2D eigenvalue weighted by molar-refractivity contribution is 7.94. The number of benzene rings is 2. The summed E-state index contributed by atoms with van der Waals surface area (Å²) in [6, 6.07) is 15.3. The number of piperazine rings is 1. The van der Waals surface area contributed by atoms with Crippen LogP contribution in [0.25, 0.3) is 0 Å². The van der Waals surface area contributed by atoms with E-state index in [-0.39, 0.29) is 16.3 Å². The first-order chi connectivity index (χ1) is 14.2. The van der Waals surface area contributed by atoms with E-state index in [0.717, 1.165) is 9.99 Å². The van der Waals surface area contributed by atoms with Gasteiger partial charge in [0.15, 0.2) is 0 Å². The number of rotatable bonds is 4. The molecule has 2 aliphatic heterocycles. The van der Waals surface area contributed by atoms with Gasteiger partial charge in [-0.05, 0) is 36.4 Å². The van der Waals surface area contributed by atoms with Crippen LogP contribution in [0.2, 0.25) is 0 Å². The van der Waals surface area contributed by atoms with Crippen LogP contribution >= 0.6 is 0 Å². The van der Waals surface area contributed by atoms with Crippen molar-refractivity contribution in [2.75, 3.05) is 41.1 Å². The number of carbonyl (C=O) groups is 1. The molecule has 0 unspecified atom stereocenters. The summed E-state index contributed by atoms with van der Waals surface area (Å²) in [6.07, 6.45) is 0. The summed E-state index contributed by atoms with van der Waals surface area (Å²) in [7, 11) is -7.43. The molecule has 30 heavy (non-hydrogen) atoms. The summed E-state index contributed by atoms with van der Waals surface area (Å²) in [5.74, 6) is -1.35. The van der Waals surface area contributed by atoms with Gasteiger partial charge in [-0.15, -0.1) is 0 Å². The van der Waals surface area contributed by atoms with E-state index >= 15 is 0 Å². The van der Waals surface area contributed by atoms with Crippen molar-refractivity contribution in [3.8, 4) is 0 Å². The summed E-state index contributed by atoms with van der Waals surface area (Å²) in [5, 5.41) is 0. The number of anilines is 2. The molecular weight excluding hydrogens is 426 g/mol. The molecule has 1 atom stereocenters. The Morgan fingerprint density at radius 1 is 0.867 bits per heavy atom. The zero-order valence-electron chi connectivity index (χ0n) is 16.5. The molecule has 2 aromatic rings. The van der Waals surface area contributed by atoms with Gasteiger partial charge in [-0.2, -0.15) is 4.31 Å². The summed E-state index contributed by atoms with van der Waals surface area (Å²) < 4.78 is 52.7. The highest BCUT2D eigenvalue weighted by Crippen LogP contribution is 2.30. The number of nitrogens with zero attached hydrogens (tertiary/aromatic N) is 3. The van der Waals surface area contributed by atoms with Gasteiger partial charge in [0.1, 0.15) is 0 Å². The van der Waals surface area contributed by atoms with E-state index in [9.17, 15) is 21.6 Å². The molecular formula is C20H23N3O5S2. The van der Waals surface area contributed by atoms with Crippen LogP contribution in [-0.2, 0) is 24.8 Å². The molecule has 0 radical (unpaired) electrons. The fourth-order valence-corrected chi connectivity index (χ4v) is 7.06. The van der Waals surface area contributed by atoms with Crippen molar-refractivity contribution >= 4 is 37.3 Å². The van der Waals surface area contributed by atoms with E-state index in [2.05, 4.69) is 4.90 Å². The fraction of sp³-hybridized carbons (Fsp3) is 0.350. The molecule has 0 saturated carbocycles. The summed E-state index contributed by atoms with van der Waals surface area (Å²) >= 11 is 0. The molecule has 0 aromatic heterocycles. The fourth-order valence-electron chi connectivity index (χ4n) is 3.81. The van der Waals surface area contributed by atoms with E-state index in [1.807, 2.05) is 30.3 Å². The minimum atomic E-state index is -3.72. The molecule has 2 fully saturated rings. The van der Waals surface area contributed by atoms with Crippen molar-refractivity contribution in [2.24, 2.45) is 5.92 Å². The Bertz CT molecular complexity index is 1140. The molecule has 8 nitrogen and oxygen atoms in total. The predicted octanol–water partition coefficient (Wildman–Crippen LogP) is 1.51. The van der Waals surface area contributed by atoms with E-state index in [0.29, 0.717) is 26.2 Å². The Balaban J connectivity index is 1.50. The van der Waals surface area contributed by atoms with Gasteiger partial charge in [0, 0.05) is 31.9 Å². The summed E-state index contributed by atoms with van der Waals surface area (Å²) in [5.41, 5.74) is 1.22. The van der Waals surface area contributed by atoms with Gasteiger partial charge < -0.3 is 4.90 Å². The quantitative estimate of drug-likeness (QED) is 0.702. The number of amides is 1. The molecule has 0 aliphatic carbocycles. The third kappa shape index (κ3) is 3.70. The standard InChI is InChI=1S/C20H23N3O5S2/c1-16-15-29(25,26)23(20(16)24)18-7-9-19(10-8-18)30(27,28)22-13-11-21(12-14-22)17-5-3-2-4-6-17/h2-10,16H,11-15H2,1H3/t16-/m1/s1. The van der Waals surface area contributed by atoms with Crippen molar-refractivity contribution in [1.29, 1.82) is 0 Å². The molecule has 160 valence electrons.